The molecule has 0 spiro atoms. The van der Waals surface area contributed by atoms with E-state index in [0.717, 1.165) is 88.7 Å². The molecule has 11 aromatic rings. The maximum Gasteiger partial charge on any atom is 0.160 e. The zero-order chi connectivity index (χ0) is 37.7. The molecule has 0 radical (unpaired) electrons. The van der Waals surface area contributed by atoms with E-state index in [1.165, 1.54) is 16.5 Å². The van der Waals surface area contributed by atoms with Gasteiger partial charge in [0, 0.05) is 49.2 Å². The van der Waals surface area contributed by atoms with Gasteiger partial charge in [-0.15, -0.1) is 0 Å². The van der Waals surface area contributed by atoms with Gasteiger partial charge in [-0.05, 0) is 64.7 Å². The highest BCUT2D eigenvalue weighted by atomic mass is 16.3. The Kier molecular flexibility index (Phi) is 7.78. The lowest BCUT2D eigenvalue weighted by Crippen LogP contribution is -1.95. The standard InChI is InChI=1S/C53H33N3O/c1-4-13-35(14-5-1)41-20-12-21-43-51(41)42-19-10-11-22-46(42)54-52(43)37-25-23-34(24-26-37)39-27-29-49-44(31-39)45-32-40(28-30-50(45)57-49)48-33-47(36-15-6-2-7-16-36)55-53(56-48)38-17-8-3-9-18-38/h1-33H. The summed E-state index contributed by atoms with van der Waals surface area (Å²) in [6.45, 7) is 0. The summed E-state index contributed by atoms with van der Waals surface area (Å²) in [7, 11) is 0. The summed E-state index contributed by atoms with van der Waals surface area (Å²) >= 11 is 0. The first-order chi connectivity index (χ1) is 28.2. The van der Waals surface area contributed by atoms with Crippen LogP contribution in [0.15, 0.2) is 205 Å². The fraction of sp³-hybridized carbons (Fsp3) is 0. The first-order valence-corrected chi connectivity index (χ1v) is 19.2. The molecule has 0 aliphatic heterocycles. The zero-order valence-electron chi connectivity index (χ0n) is 30.8. The number of pyridine rings is 1. The Balaban J connectivity index is 0.993. The van der Waals surface area contributed by atoms with Crippen LogP contribution in [0.3, 0.4) is 0 Å². The third-order valence-corrected chi connectivity index (χ3v) is 10.9. The van der Waals surface area contributed by atoms with Gasteiger partial charge in [0.05, 0.1) is 22.6 Å². The summed E-state index contributed by atoms with van der Waals surface area (Å²) in [5.41, 5.74) is 14.1. The molecule has 11 rings (SSSR count). The van der Waals surface area contributed by atoms with Crippen LogP contribution in [0.4, 0.5) is 0 Å². The highest BCUT2D eigenvalue weighted by molar-refractivity contribution is 6.17. The summed E-state index contributed by atoms with van der Waals surface area (Å²) in [6.07, 6.45) is 0. The lowest BCUT2D eigenvalue weighted by Gasteiger charge is -2.14. The maximum atomic E-state index is 6.37. The molecule has 0 aliphatic carbocycles. The third-order valence-electron chi connectivity index (χ3n) is 10.9. The number of furan rings is 1. The number of hydrogen-bond donors (Lipinski definition) is 0. The molecule has 3 heterocycles. The second-order valence-corrected chi connectivity index (χ2v) is 14.4. The first-order valence-electron chi connectivity index (χ1n) is 19.2. The van der Waals surface area contributed by atoms with Gasteiger partial charge in [0.2, 0.25) is 0 Å². The Labute approximate surface area is 329 Å². The van der Waals surface area contributed by atoms with Crippen LogP contribution in [0.5, 0.6) is 0 Å². The van der Waals surface area contributed by atoms with Crippen LogP contribution in [0.2, 0.25) is 0 Å². The number of aromatic nitrogens is 3. The van der Waals surface area contributed by atoms with Gasteiger partial charge in [0.15, 0.2) is 5.82 Å². The molecule has 0 saturated heterocycles. The fourth-order valence-corrected chi connectivity index (χ4v) is 8.09. The van der Waals surface area contributed by atoms with E-state index >= 15 is 0 Å². The average Bonchev–Trinajstić information content (AvgIpc) is 3.66. The lowest BCUT2D eigenvalue weighted by atomic mass is 9.92. The van der Waals surface area contributed by atoms with Crippen molar-refractivity contribution in [3.63, 3.8) is 0 Å². The SMILES string of the molecule is c1ccc(-c2cc(-c3ccc4oc5ccc(-c6ccc(-c7nc8ccccc8c8c(-c9ccccc9)cccc78)cc6)cc5c4c3)nc(-c3ccccc3)n2)cc1. The van der Waals surface area contributed by atoms with E-state index in [4.69, 9.17) is 19.4 Å². The minimum atomic E-state index is 0.693. The minimum Gasteiger partial charge on any atom is -0.456 e. The summed E-state index contributed by atoms with van der Waals surface area (Å²) in [4.78, 5) is 15.3. The van der Waals surface area contributed by atoms with Gasteiger partial charge in [-0.2, -0.15) is 0 Å². The molecule has 0 bridgehead atoms. The van der Waals surface area contributed by atoms with Crippen LogP contribution in [-0.4, -0.2) is 15.0 Å². The molecule has 266 valence electrons. The summed E-state index contributed by atoms with van der Waals surface area (Å²) in [5, 5.41) is 5.62. The van der Waals surface area contributed by atoms with Crippen molar-refractivity contribution in [2.75, 3.05) is 0 Å². The summed E-state index contributed by atoms with van der Waals surface area (Å²) in [5.74, 6) is 0.693. The Morgan fingerprint density at radius 3 is 1.58 bits per heavy atom. The van der Waals surface area contributed by atoms with E-state index in [-0.39, 0.29) is 0 Å². The van der Waals surface area contributed by atoms with Crippen molar-refractivity contribution in [2.24, 2.45) is 0 Å². The van der Waals surface area contributed by atoms with Gasteiger partial charge in [-0.3, -0.25) is 0 Å². The molecule has 8 aromatic carbocycles. The third kappa shape index (κ3) is 5.83. The van der Waals surface area contributed by atoms with Gasteiger partial charge < -0.3 is 4.42 Å². The van der Waals surface area contributed by atoms with Crippen LogP contribution in [0.25, 0.3) is 111 Å². The molecule has 3 aromatic heterocycles. The van der Waals surface area contributed by atoms with Crippen molar-refractivity contribution >= 4 is 43.6 Å². The number of nitrogens with zero attached hydrogens (tertiary/aromatic N) is 3. The summed E-state index contributed by atoms with van der Waals surface area (Å²) < 4.78 is 6.37. The van der Waals surface area contributed by atoms with Crippen molar-refractivity contribution in [1.82, 2.24) is 15.0 Å². The highest BCUT2D eigenvalue weighted by Gasteiger charge is 2.17. The number of para-hydroxylation sites is 1. The Hall–Kier alpha value is -7.69. The summed E-state index contributed by atoms with van der Waals surface area (Å²) in [6, 6.07) is 69.7. The number of benzene rings is 8. The topological polar surface area (TPSA) is 51.8 Å². The molecular formula is C53H33N3O. The van der Waals surface area contributed by atoms with Gasteiger partial charge in [0.25, 0.3) is 0 Å². The van der Waals surface area contributed by atoms with Crippen molar-refractivity contribution in [3.8, 4) is 67.4 Å². The quantitative estimate of drug-likeness (QED) is 0.160. The molecule has 0 unspecified atom stereocenters. The normalized spacial score (nSPS) is 11.5. The predicted molar refractivity (Wildman–Crippen MR) is 235 cm³/mol. The molecule has 4 nitrogen and oxygen atoms in total. The van der Waals surface area contributed by atoms with Crippen LogP contribution in [0.1, 0.15) is 0 Å². The van der Waals surface area contributed by atoms with Gasteiger partial charge in [-0.1, -0.05) is 158 Å². The van der Waals surface area contributed by atoms with Crippen molar-refractivity contribution in [2.45, 2.75) is 0 Å². The molecular weight excluding hydrogens is 695 g/mol. The molecule has 57 heavy (non-hydrogen) atoms. The molecule has 0 N–H and O–H groups in total. The monoisotopic (exact) mass is 727 g/mol. The van der Waals surface area contributed by atoms with Crippen LogP contribution < -0.4 is 0 Å². The molecule has 4 heteroatoms. The Morgan fingerprint density at radius 1 is 0.316 bits per heavy atom. The van der Waals surface area contributed by atoms with E-state index in [2.05, 4.69) is 164 Å². The van der Waals surface area contributed by atoms with E-state index in [9.17, 15) is 0 Å². The smallest absolute Gasteiger partial charge is 0.160 e. The lowest BCUT2D eigenvalue weighted by molar-refractivity contribution is 0.669. The van der Waals surface area contributed by atoms with E-state index in [0.29, 0.717) is 5.82 Å². The van der Waals surface area contributed by atoms with Crippen LogP contribution >= 0.6 is 0 Å². The van der Waals surface area contributed by atoms with Gasteiger partial charge in [0.1, 0.15) is 11.2 Å². The predicted octanol–water partition coefficient (Wildman–Crippen LogP) is 14.1. The van der Waals surface area contributed by atoms with E-state index in [1.807, 2.05) is 36.4 Å². The minimum absolute atomic E-state index is 0.693. The second-order valence-electron chi connectivity index (χ2n) is 14.4. The fourth-order valence-electron chi connectivity index (χ4n) is 8.09. The average molecular weight is 728 g/mol. The number of fused-ring (bicyclic) bond motifs is 6. The van der Waals surface area contributed by atoms with Crippen molar-refractivity contribution < 1.29 is 4.42 Å². The maximum absolute atomic E-state index is 6.37. The van der Waals surface area contributed by atoms with Crippen LogP contribution in [-0.2, 0) is 0 Å². The van der Waals surface area contributed by atoms with Crippen molar-refractivity contribution in [1.29, 1.82) is 0 Å². The number of rotatable bonds is 6. The van der Waals surface area contributed by atoms with Gasteiger partial charge in [-0.25, -0.2) is 15.0 Å². The van der Waals surface area contributed by atoms with Crippen molar-refractivity contribution in [3.05, 3.63) is 200 Å². The Bertz CT molecular complexity index is 3210. The molecule has 0 atom stereocenters. The molecule has 0 fully saturated rings. The first kappa shape index (κ1) is 32.7. The Morgan fingerprint density at radius 2 is 0.860 bits per heavy atom. The number of hydrogen-bond acceptors (Lipinski definition) is 4. The second kappa shape index (κ2) is 13.6. The molecule has 0 saturated carbocycles. The molecule has 0 amide bonds. The van der Waals surface area contributed by atoms with Crippen LogP contribution in [0, 0.1) is 0 Å². The highest BCUT2D eigenvalue weighted by Crippen LogP contribution is 2.40. The largest absolute Gasteiger partial charge is 0.456 e. The van der Waals surface area contributed by atoms with Gasteiger partial charge >= 0.3 is 0 Å². The van der Waals surface area contributed by atoms with E-state index in [1.54, 1.807) is 0 Å². The van der Waals surface area contributed by atoms with E-state index < -0.39 is 0 Å². The zero-order valence-corrected chi connectivity index (χ0v) is 30.8. The molecule has 0 aliphatic rings.